The van der Waals surface area contributed by atoms with E-state index in [1.807, 2.05) is 37.3 Å². The minimum Gasteiger partial charge on any atom is -0.391 e. The highest BCUT2D eigenvalue weighted by Gasteiger charge is 2.17. The average molecular weight is 279 g/mol. The number of carbonyl (C=O) groups excluding carboxylic acids is 1. The van der Waals surface area contributed by atoms with Crippen LogP contribution in [-0.2, 0) is 0 Å². The van der Waals surface area contributed by atoms with E-state index >= 15 is 0 Å². The lowest BCUT2D eigenvalue weighted by Gasteiger charge is -2.17. The summed E-state index contributed by atoms with van der Waals surface area (Å²) in [6.07, 6.45) is -0.644. The molecule has 0 saturated heterocycles. The molecule has 0 spiro atoms. The van der Waals surface area contributed by atoms with Gasteiger partial charge in [0, 0.05) is 17.0 Å². The maximum atomic E-state index is 12.4. The summed E-state index contributed by atoms with van der Waals surface area (Å²) in [5.41, 5.74) is 2.09. The summed E-state index contributed by atoms with van der Waals surface area (Å²) in [5.74, 6) is -0.229. The van der Waals surface area contributed by atoms with Gasteiger partial charge in [-0.3, -0.25) is 4.79 Å². The molecule has 0 amide bonds. The van der Waals surface area contributed by atoms with E-state index < -0.39 is 6.10 Å². The minimum absolute atomic E-state index is 0.0422. The molecular weight excluding hydrogens is 262 g/mol. The van der Waals surface area contributed by atoms with Crippen molar-refractivity contribution in [1.29, 1.82) is 5.26 Å². The molecule has 0 saturated carbocycles. The maximum Gasteiger partial charge on any atom is 0.193 e. The predicted molar refractivity (Wildman–Crippen MR) is 81.0 cm³/mol. The molecule has 0 heterocycles. The van der Waals surface area contributed by atoms with E-state index in [4.69, 9.17) is 5.26 Å². The van der Waals surface area contributed by atoms with Crippen LogP contribution in [0.15, 0.2) is 54.6 Å². The predicted octanol–water partition coefficient (Wildman–Crippen LogP) is 3.30. The van der Waals surface area contributed by atoms with Gasteiger partial charge in [0.2, 0.25) is 0 Å². The monoisotopic (exact) mass is 279 g/mol. The molecule has 0 aromatic heterocycles. The number of hydrogen-bond acceptors (Lipinski definition) is 3. The Morgan fingerprint density at radius 2 is 1.81 bits per heavy atom. The van der Waals surface area contributed by atoms with Gasteiger partial charge < -0.3 is 5.11 Å². The molecule has 0 aliphatic heterocycles. The Bertz CT molecular complexity index is 658. The highest BCUT2D eigenvalue weighted by molar-refractivity contribution is 6.09. The Balaban J connectivity index is 2.26. The van der Waals surface area contributed by atoms with Gasteiger partial charge in [-0.15, -0.1) is 0 Å². The fourth-order valence-electron chi connectivity index (χ4n) is 2.21. The van der Waals surface area contributed by atoms with Crippen molar-refractivity contribution in [3.8, 4) is 6.07 Å². The molecule has 0 bridgehead atoms. The molecule has 3 nitrogen and oxygen atoms in total. The molecule has 21 heavy (non-hydrogen) atoms. The molecule has 0 radical (unpaired) electrons. The van der Waals surface area contributed by atoms with Crippen molar-refractivity contribution in [1.82, 2.24) is 0 Å². The summed E-state index contributed by atoms with van der Waals surface area (Å²) in [5, 5.41) is 18.6. The lowest BCUT2D eigenvalue weighted by Crippen LogP contribution is -2.15. The SMILES string of the molecule is CC(c1cccc(C(=O)c2ccccc2)c1)C(O)CC#N. The van der Waals surface area contributed by atoms with Crippen molar-refractivity contribution in [2.45, 2.75) is 25.4 Å². The molecule has 2 aromatic rings. The molecule has 2 unspecified atom stereocenters. The van der Waals surface area contributed by atoms with Gasteiger partial charge >= 0.3 is 0 Å². The summed E-state index contributed by atoms with van der Waals surface area (Å²) < 4.78 is 0. The molecule has 2 atom stereocenters. The number of nitriles is 1. The number of carbonyl (C=O) groups is 1. The molecule has 2 aromatic carbocycles. The van der Waals surface area contributed by atoms with Crippen LogP contribution in [-0.4, -0.2) is 17.0 Å². The highest BCUT2D eigenvalue weighted by atomic mass is 16.3. The van der Waals surface area contributed by atoms with Crippen LogP contribution in [0.25, 0.3) is 0 Å². The van der Waals surface area contributed by atoms with E-state index in [0.717, 1.165) is 5.56 Å². The number of benzene rings is 2. The van der Waals surface area contributed by atoms with Crippen LogP contribution >= 0.6 is 0 Å². The van der Waals surface area contributed by atoms with Gasteiger partial charge in [0.25, 0.3) is 0 Å². The standard InChI is InChI=1S/C18H17NO2/c1-13(17(20)10-11-19)15-8-5-9-16(12-15)18(21)14-6-3-2-4-7-14/h2-9,12-13,17,20H,10H2,1H3. The topological polar surface area (TPSA) is 61.1 Å². The number of rotatable bonds is 5. The van der Waals surface area contributed by atoms with E-state index in [1.165, 1.54) is 0 Å². The largest absolute Gasteiger partial charge is 0.391 e. The van der Waals surface area contributed by atoms with Crippen molar-refractivity contribution in [2.24, 2.45) is 0 Å². The van der Waals surface area contributed by atoms with E-state index in [2.05, 4.69) is 0 Å². The molecule has 1 N–H and O–H groups in total. The van der Waals surface area contributed by atoms with Gasteiger partial charge in [-0.05, 0) is 11.6 Å². The second kappa shape index (κ2) is 6.83. The fourth-order valence-corrected chi connectivity index (χ4v) is 2.21. The number of hydrogen-bond donors (Lipinski definition) is 1. The second-order valence-corrected chi connectivity index (χ2v) is 5.04. The average Bonchev–Trinajstić information content (AvgIpc) is 2.54. The van der Waals surface area contributed by atoms with Crippen LogP contribution in [0, 0.1) is 11.3 Å². The summed E-state index contributed by atoms with van der Waals surface area (Å²) >= 11 is 0. The van der Waals surface area contributed by atoms with Gasteiger partial charge in [0.05, 0.1) is 18.6 Å². The number of aliphatic hydroxyl groups is 1. The third-order valence-electron chi connectivity index (χ3n) is 3.59. The first-order valence-electron chi connectivity index (χ1n) is 6.88. The summed E-state index contributed by atoms with van der Waals surface area (Å²) in [4.78, 5) is 12.4. The normalized spacial score (nSPS) is 13.2. The van der Waals surface area contributed by atoms with Crippen LogP contribution in [0.5, 0.6) is 0 Å². The third kappa shape index (κ3) is 3.56. The number of aliphatic hydroxyl groups excluding tert-OH is 1. The molecule has 0 aliphatic carbocycles. The quantitative estimate of drug-likeness (QED) is 0.854. The van der Waals surface area contributed by atoms with Crippen LogP contribution in [0.1, 0.15) is 40.7 Å². The van der Waals surface area contributed by atoms with Crippen LogP contribution in [0.3, 0.4) is 0 Å². The van der Waals surface area contributed by atoms with Crippen molar-refractivity contribution in [2.75, 3.05) is 0 Å². The molecule has 3 heteroatoms. The zero-order chi connectivity index (χ0) is 15.2. The molecule has 106 valence electrons. The molecule has 0 aliphatic rings. The molecule has 0 fully saturated rings. The first-order chi connectivity index (χ1) is 10.1. The highest BCUT2D eigenvalue weighted by Crippen LogP contribution is 2.23. The zero-order valence-corrected chi connectivity index (χ0v) is 11.9. The Kier molecular flexibility index (Phi) is 4.86. The van der Waals surface area contributed by atoms with Crippen LogP contribution < -0.4 is 0 Å². The van der Waals surface area contributed by atoms with Gasteiger partial charge in [-0.1, -0.05) is 55.5 Å². The summed E-state index contributed by atoms with van der Waals surface area (Å²) in [6, 6.07) is 18.3. The molecule has 2 rings (SSSR count). The van der Waals surface area contributed by atoms with Crippen LogP contribution in [0.2, 0.25) is 0 Å². The zero-order valence-electron chi connectivity index (χ0n) is 11.9. The van der Waals surface area contributed by atoms with Crippen molar-refractivity contribution < 1.29 is 9.90 Å². The van der Waals surface area contributed by atoms with E-state index in [9.17, 15) is 9.90 Å². The first-order valence-corrected chi connectivity index (χ1v) is 6.88. The summed E-state index contributed by atoms with van der Waals surface area (Å²) in [7, 11) is 0. The minimum atomic E-state index is -0.725. The molecular formula is C18H17NO2. The Hall–Kier alpha value is -2.44. The van der Waals surface area contributed by atoms with Gasteiger partial charge in [-0.25, -0.2) is 0 Å². The Morgan fingerprint density at radius 3 is 2.48 bits per heavy atom. The Labute approximate surface area is 124 Å². The smallest absolute Gasteiger partial charge is 0.193 e. The van der Waals surface area contributed by atoms with Crippen molar-refractivity contribution in [3.05, 3.63) is 71.3 Å². The maximum absolute atomic E-state index is 12.4. The third-order valence-corrected chi connectivity index (χ3v) is 3.59. The van der Waals surface area contributed by atoms with E-state index in [1.54, 1.807) is 30.3 Å². The number of nitrogens with zero attached hydrogens (tertiary/aromatic N) is 1. The van der Waals surface area contributed by atoms with Gasteiger partial charge in [-0.2, -0.15) is 5.26 Å². The van der Waals surface area contributed by atoms with E-state index in [-0.39, 0.29) is 18.1 Å². The van der Waals surface area contributed by atoms with Crippen LogP contribution in [0.4, 0.5) is 0 Å². The first kappa shape index (κ1) is 15.0. The summed E-state index contributed by atoms with van der Waals surface area (Å²) in [6.45, 7) is 1.86. The Morgan fingerprint density at radius 1 is 1.14 bits per heavy atom. The van der Waals surface area contributed by atoms with Gasteiger partial charge in [0.15, 0.2) is 5.78 Å². The fraction of sp³-hybridized carbons (Fsp3) is 0.222. The van der Waals surface area contributed by atoms with E-state index in [0.29, 0.717) is 11.1 Å². The second-order valence-electron chi connectivity index (χ2n) is 5.04. The van der Waals surface area contributed by atoms with Gasteiger partial charge in [0.1, 0.15) is 0 Å². The lowest BCUT2D eigenvalue weighted by molar-refractivity contribution is 0.103. The number of ketones is 1. The van der Waals surface area contributed by atoms with Crippen molar-refractivity contribution >= 4 is 5.78 Å². The lowest BCUT2D eigenvalue weighted by atomic mass is 9.91. The van der Waals surface area contributed by atoms with Crippen molar-refractivity contribution in [3.63, 3.8) is 0 Å².